The third-order valence-corrected chi connectivity index (χ3v) is 5.84. The van der Waals surface area contributed by atoms with Gasteiger partial charge in [0.15, 0.2) is 5.76 Å². The highest BCUT2D eigenvalue weighted by Crippen LogP contribution is 2.44. The van der Waals surface area contributed by atoms with E-state index in [2.05, 4.69) is 15.9 Å². The van der Waals surface area contributed by atoms with Gasteiger partial charge in [-0.25, -0.2) is 0 Å². The van der Waals surface area contributed by atoms with Gasteiger partial charge in [0.25, 0.3) is 5.91 Å². The average molecular weight is 469 g/mol. The molecule has 0 bridgehead atoms. The van der Waals surface area contributed by atoms with Crippen LogP contribution in [0.4, 0.5) is 0 Å². The second-order valence-corrected chi connectivity index (χ2v) is 8.50. The zero-order chi connectivity index (χ0) is 20.5. The molecular weight excluding hydrogens is 450 g/mol. The Morgan fingerprint density at radius 3 is 2.38 bits per heavy atom. The molecule has 1 N–H and O–H groups in total. The van der Waals surface area contributed by atoms with Crippen molar-refractivity contribution in [1.82, 2.24) is 4.90 Å². The molecule has 1 unspecified atom stereocenters. The lowest BCUT2D eigenvalue weighted by Gasteiger charge is -2.27. The highest BCUT2D eigenvalue weighted by molar-refractivity contribution is 9.10. The molecule has 0 radical (unpaired) electrons. The topological polar surface area (TPSA) is 40.5 Å². The van der Waals surface area contributed by atoms with Crippen molar-refractivity contribution < 1.29 is 9.90 Å². The Balaban J connectivity index is 1.81. The normalized spacial score (nSPS) is 16.6. The second-order valence-electron chi connectivity index (χ2n) is 7.15. The van der Waals surface area contributed by atoms with Crippen molar-refractivity contribution in [3.63, 3.8) is 0 Å². The van der Waals surface area contributed by atoms with Gasteiger partial charge in [0.2, 0.25) is 0 Å². The summed E-state index contributed by atoms with van der Waals surface area (Å²) in [5.74, 6) is -0.593. The van der Waals surface area contributed by atoms with E-state index in [1.165, 1.54) is 0 Å². The molecular formula is C24H19BrClNO2. The number of benzene rings is 3. The van der Waals surface area contributed by atoms with Gasteiger partial charge >= 0.3 is 0 Å². The van der Waals surface area contributed by atoms with Crippen molar-refractivity contribution in [3.05, 3.63) is 110 Å². The van der Waals surface area contributed by atoms with Crippen LogP contribution in [-0.2, 0) is 11.3 Å². The molecule has 1 amide bonds. The molecule has 146 valence electrons. The number of aryl methyl sites for hydroxylation is 1. The molecule has 0 aromatic heterocycles. The second kappa shape index (κ2) is 8.05. The third kappa shape index (κ3) is 3.96. The van der Waals surface area contributed by atoms with Gasteiger partial charge in [-0.2, -0.15) is 0 Å². The highest BCUT2D eigenvalue weighted by Gasteiger charge is 2.41. The molecule has 0 spiro atoms. The van der Waals surface area contributed by atoms with Crippen molar-refractivity contribution in [2.24, 2.45) is 0 Å². The van der Waals surface area contributed by atoms with E-state index in [-0.39, 0.29) is 11.7 Å². The molecule has 5 heteroatoms. The smallest absolute Gasteiger partial charge is 0.290 e. The predicted molar refractivity (Wildman–Crippen MR) is 120 cm³/mol. The van der Waals surface area contributed by atoms with Crippen LogP contribution in [0.15, 0.2) is 83.0 Å². The van der Waals surface area contributed by atoms with Crippen LogP contribution >= 0.6 is 27.5 Å². The summed E-state index contributed by atoms with van der Waals surface area (Å²) in [5.41, 5.74) is 4.46. The van der Waals surface area contributed by atoms with E-state index in [0.717, 1.165) is 26.7 Å². The van der Waals surface area contributed by atoms with Crippen molar-refractivity contribution in [2.45, 2.75) is 19.5 Å². The lowest BCUT2D eigenvalue weighted by molar-refractivity contribution is -0.130. The van der Waals surface area contributed by atoms with Gasteiger partial charge in [0.05, 0.1) is 6.04 Å². The average Bonchev–Trinajstić information content (AvgIpc) is 2.95. The molecule has 0 saturated heterocycles. The summed E-state index contributed by atoms with van der Waals surface area (Å²) < 4.78 is 0.916. The van der Waals surface area contributed by atoms with E-state index in [9.17, 15) is 9.90 Å². The monoisotopic (exact) mass is 467 g/mol. The van der Waals surface area contributed by atoms with Crippen LogP contribution in [0.3, 0.4) is 0 Å². The molecule has 0 aliphatic carbocycles. The summed E-state index contributed by atoms with van der Waals surface area (Å²) in [5, 5.41) is 11.4. The number of carbonyl (C=O) groups is 1. The quantitative estimate of drug-likeness (QED) is 0.477. The number of rotatable bonds is 4. The van der Waals surface area contributed by atoms with E-state index in [1.54, 1.807) is 17.0 Å². The maximum Gasteiger partial charge on any atom is 0.290 e. The Morgan fingerprint density at radius 1 is 1.03 bits per heavy atom. The van der Waals surface area contributed by atoms with Crippen LogP contribution in [0, 0.1) is 6.92 Å². The number of nitrogens with zero attached hydrogens (tertiary/aromatic N) is 1. The van der Waals surface area contributed by atoms with Crippen LogP contribution < -0.4 is 0 Å². The molecule has 1 atom stereocenters. The minimum atomic E-state index is -0.400. The zero-order valence-electron chi connectivity index (χ0n) is 15.8. The fourth-order valence-corrected chi connectivity index (χ4v) is 4.20. The SMILES string of the molecule is Cc1ccc(CN2C(=O)C(O)=C(c3ccc(Cl)cc3)C2c2cccc(Br)c2)cc1. The van der Waals surface area contributed by atoms with E-state index < -0.39 is 6.04 Å². The van der Waals surface area contributed by atoms with E-state index in [1.807, 2.05) is 67.6 Å². The van der Waals surface area contributed by atoms with Gasteiger partial charge in [-0.05, 0) is 47.9 Å². The first kappa shape index (κ1) is 19.7. The van der Waals surface area contributed by atoms with E-state index in [4.69, 9.17) is 11.6 Å². The fraction of sp³-hybridized carbons (Fsp3) is 0.125. The number of aliphatic hydroxyl groups excluding tert-OH is 1. The molecule has 3 aromatic rings. The molecule has 1 aliphatic heterocycles. The Kier molecular flexibility index (Phi) is 5.48. The van der Waals surface area contributed by atoms with Gasteiger partial charge in [-0.3, -0.25) is 4.79 Å². The molecule has 0 saturated carbocycles. The predicted octanol–water partition coefficient (Wildman–Crippen LogP) is 6.46. The van der Waals surface area contributed by atoms with Gasteiger partial charge in [-0.1, -0.05) is 81.6 Å². The van der Waals surface area contributed by atoms with Crippen molar-refractivity contribution >= 4 is 39.0 Å². The van der Waals surface area contributed by atoms with Crippen LogP contribution in [0.2, 0.25) is 5.02 Å². The largest absolute Gasteiger partial charge is 0.503 e. The van der Waals surface area contributed by atoms with Crippen molar-refractivity contribution in [2.75, 3.05) is 0 Å². The molecule has 29 heavy (non-hydrogen) atoms. The number of hydrogen-bond acceptors (Lipinski definition) is 2. The summed E-state index contributed by atoms with van der Waals surface area (Å²) in [4.78, 5) is 14.8. The van der Waals surface area contributed by atoms with Crippen LogP contribution in [-0.4, -0.2) is 15.9 Å². The summed E-state index contributed by atoms with van der Waals surface area (Å²) in [6.45, 7) is 2.43. The third-order valence-electron chi connectivity index (χ3n) is 5.10. The minimum absolute atomic E-state index is 0.218. The summed E-state index contributed by atoms with van der Waals surface area (Å²) >= 11 is 9.56. The first-order chi connectivity index (χ1) is 13.9. The standard InChI is InChI=1S/C24H19BrClNO2/c1-15-5-7-16(8-6-15)14-27-22(18-3-2-4-19(25)13-18)21(23(28)24(27)29)17-9-11-20(26)12-10-17/h2-13,22,28H,14H2,1H3. The highest BCUT2D eigenvalue weighted by atomic mass is 79.9. The minimum Gasteiger partial charge on any atom is -0.503 e. The molecule has 0 fully saturated rings. The van der Waals surface area contributed by atoms with Gasteiger partial charge < -0.3 is 10.0 Å². The number of hydrogen-bond donors (Lipinski definition) is 1. The van der Waals surface area contributed by atoms with E-state index in [0.29, 0.717) is 17.1 Å². The Hall–Kier alpha value is -2.56. The summed E-state index contributed by atoms with van der Waals surface area (Å²) in [7, 11) is 0. The maximum absolute atomic E-state index is 13.1. The van der Waals surface area contributed by atoms with Crippen molar-refractivity contribution in [1.29, 1.82) is 0 Å². The number of halogens is 2. The molecule has 3 nitrogen and oxygen atoms in total. The molecule has 1 aliphatic rings. The lowest BCUT2D eigenvalue weighted by atomic mass is 9.93. The molecule has 3 aromatic carbocycles. The first-order valence-electron chi connectivity index (χ1n) is 9.25. The van der Waals surface area contributed by atoms with Gasteiger partial charge in [-0.15, -0.1) is 0 Å². The fourth-order valence-electron chi connectivity index (χ4n) is 3.65. The van der Waals surface area contributed by atoms with Crippen molar-refractivity contribution in [3.8, 4) is 0 Å². The number of carbonyl (C=O) groups excluding carboxylic acids is 1. The zero-order valence-corrected chi connectivity index (χ0v) is 18.1. The van der Waals surface area contributed by atoms with Crippen LogP contribution in [0.1, 0.15) is 28.3 Å². The van der Waals surface area contributed by atoms with Gasteiger partial charge in [0.1, 0.15) is 0 Å². The Morgan fingerprint density at radius 2 is 1.72 bits per heavy atom. The molecule has 4 rings (SSSR count). The lowest BCUT2D eigenvalue weighted by Crippen LogP contribution is -2.29. The summed E-state index contributed by atoms with van der Waals surface area (Å²) in [6.07, 6.45) is 0. The van der Waals surface area contributed by atoms with Gasteiger partial charge in [0, 0.05) is 21.6 Å². The van der Waals surface area contributed by atoms with E-state index >= 15 is 0 Å². The Labute approximate surface area is 183 Å². The van der Waals surface area contributed by atoms with Crippen LogP contribution in [0.25, 0.3) is 5.57 Å². The number of amides is 1. The number of aliphatic hydroxyl groups is 1. The molecule has 1 heterocycles. The Bertz CT molecular complexity index is 1090. The maximum atomic E-state index is 13.1. The summed E-state index contributed by atoms with van der Waals surface area (Å²) in [6, 6.07) is 22.7. The first-order valence-corrected chi connectivity index (χ1v) is 10.4. The van der Waals surface area contributed by atoms with Crippen LogP contribution in [0.5, 0.6) is 0 Å².